The zero-order chi connectivity index (χ0) is 22.7. The van der Waals surface area contributed by atoms with Crippen molar-refractivity contribution in [3.63, 3.8) is 0 Å². The molecule has 8 nitrogen and oxygen atoms in total. The number of hydrogen-bond acceptors (Lipinski definition) is 7. The Morgan fingerprint density at radius 3 is 2.81 bits per heavy atom. The van der Waals surface area contributed by atoms with Crippen LogP contribution < -0.4 is 20.1 Å². The highest BCUT2D eigenvalue weighted by Crippen LogP contribution is 2.32. The maximum atomic E-state index is 13.1. The number of nitrogens with zero attached hydrogens (tertiary/aromatic N) is 4. The van der Waals surface area contributed by atoms with E-state index in [1.165, 1.54) is 10.4 Å². The molecule has 1 fully saturated rings. The summed E-state index contributed by atoms with van der Waals surface area (Å²) in [6.45, 7) is 7.37. The van der Waals surface area contributed by atoms with Crippen LogP contribution in [0.25, 0.3) is 0 Å². The molecule has 1 N–H and O–H groups in total. The van der Waals surface area contributed by atoms with Crippen molar-refractivity contribution in [2.45, 2.75) is 52.0 Å². The van der Waals surface area contributed by atoms with Crippen LogP contribution in [0.4, 0.5) is 11.4 Å². The van der Waals surface area contributed by atoms with Gasteiger partial charge in [-0.1, -0.05) is 15.9 Å². The van der Waals surface area contributed by atoms with Crippen LogP contribution in [0.3, 0.4) is 0 Å². The summed E-state index contributed by atoms with van der Waals surface area (Å²) in [6, 6.07) is 6.36. The molecule has 4 rings (SSSR count). The molecule has 1 saturated heterocycles. The van der Waals surface area contributed by atoms with E-state index in [-0.39, 0.29) is 24.1 Å². The van der Waals surface area contributed by atoms with Crippen molar-refractivity contribution in [3.05, 3.63) is 44.8 Å². The molecule has 0 bridgehead atoms. The number of aliphatic hydroxyl groups is 1. The summed E-state index contributed by atoms with van der Waals surface area (Å²) in [5.74, 6) is 0.232. The molecule has 2 aliphatic heterocycles. The molecule has 1 aromatic heterocycles. The fourth-order valence-corrected chi connectivity index (χ4v) is 4.81. The van der Waals surface area contributed by atoms with Gasteiger partial charge in [-0.25, -0.2) is 0 Å². The van der Waals surface area contributed by atoms with E-state index < -0.39 is 6.23 Å². The number of aliphatic hydroxyl groups excluding tert-OH is 1. The van der Waals surface area contributed by atoms with Crippen LogP contribution >= 0.6 is 15.9 Å². The topological polar surface area (TPSA) is 80.1 Å². The van der Waals surface area contributed by atoms with Crippen molar-refractivity contribution in [2.75, 3.05) is 42.6 Å². The van der Waals surface area contributed by atoms with Crippen molar-refractivity contribution in [3.8, 4) is 5.75 Å². The minimum absolute atomic E-state index is 0.0401. The first-order chi connectivity index (χ1) is 15.5. The van der Waals surface area contributed by atoms with Gasteiger partial charge in [0.1, 0.15) is 12.3 Å². The van der Waals surface area contributed by atoms with Crippen molar-refractivity contribution in [2.24, 2.45) is 0 Å². The van der Waals surface area contributed by atoms with E-state index >= 15 is 0 Å². The molecule has 1 aromatic carbocycles. The van der Waals surface area contributed by atoms with E-state index in [9.17, 15) is 9.90 Å². The highest BCUT2D eigenvalue weighted by Gasteiger charge is 2.31. The fraction of sp³-hybridized carbons (Fsp3) is 0.565. The van der Waals surface area contributed by atoms with Gasteiger partial charge in [-0.15, -0.1) is 0 Å². The molecule has 3 heterocycles. The molecule has 2 unspecified atom stereocenters. The minimum atomic E-state index is -0.838. The van der Waals surface area contributed by atoms with E-state index in [1.54, 1.807) is 11.1 Å². The molecule has 0 radical (unpaired) electrons. The molecular formula is C23H31BrN4O4. The zero-order valence-electron chi connectivity index (χ0n) is 18.7. The second kappa shape index (κ2) is 10.2. The summed E-state index contributed by atoms with van der Waals surface area (Å²) in [4.78, 5) is 17.2. The number of anilines is 2. The number of aromatic nitrogens is 2. The second-order valence-corrected chi connectivity index (χ2v) is 8.97. The Bertz CT molecular complexity index is 988. The molecule has 0 aliphatic carbocycles. The Hall–Kier alpha value is -2.10. The van der Waals surface area contributed by atoms with Crippen LogP contribution in [-0.2, 0) is 11.2 Å². The first kappa shape index (κ1) is 23.1. The van der Waals surface area contributed by atoms with Gasteiger partial charge in [0.15, 0.2) is 12.5 Å². The Morgan fingerprint density at radius 1 is 1.28 bits per heavy atom. The third kappa shape index (κ3) is 4.65. The van der Waals surface area contributed by atoms with E-state index in [4.69, 9.17) is 9.47 Å². The third-order valence-corrected chi connectivity index (χ3v) is 6.97. The Labute approximate surface area is 196 Å². The largest absolute Gasteiger partial charge is 0.481 e. The summed E-state index contributed by atoms with van der Waals surface area (Å²) in [5.41, 5.74) is 2.53. The number of fused-ring (bicyclic) bond motifs is 1. The van der Waals surface area contributed by atoms with Crippen molar-refractivity contribution >= 4 is 27.3 Å². The first-order valence-corrected chi connectivity index (χ1v) is 12.2. The number of ether oxygens (including phenoxy) is 2. The van der Waals surface area contributed by atoms with Crippen LogP contribution in [0, 0.1) is 0 Å². The Kier molecular flexibility index (Phi) is 7.37. The average molecular weight is 507 g/mol. The van der Waals surface area contributed by atoms with Gasteiger partial charge in [0, 0.05) is 36.4 Å². The maximum absolute atomic E-state index is 13.1. The summed E-state index contributed by atoms with van der Waals surface area (Å²) in [5, 5.41) is 15.0. The Balaban J connectivity index is 1.56. The molecule has 2 atom stereocenters. The van der Waals surface area contributed by atoms with Crippen LogP contribution in [0.5, 0.6) is 5.75 Å². The zero-order valence-corrected chi connectivity index (χ0v) is 20.3. The molecule has 0 amide bonds. The van der Waals surface area contributed by atoms with Crippen molar-refractivity contribution < 1.29 is 14.6 Å². The lowest BCUT2D eigenvalue weighted by Gasteiger charge is -2.35. The SMILES string of the molecule is CCN(CC)c1ccc(Br)c(CCN2c3cnn(C4CCCCO4)c(=O)c3OCC2O)c1. The molecule has 2 aromatic rings. The second-order valence-electron chi connectivity index (χ2n) is 8.11. The first-order valence-electron chi connectivity index (χ1n) is 11.4. The van der Waals surface area contributed by atoms with Gasteiger partial charge in [0.25, 0.3) is 0 Å². The molecule has 32 heavy (non-hydrogen) atoms. The number of hydrogen-bond donors (Lipinski definition) is 1. The number of rotatable bonds is 7. The van der Waals surface area contributed by atoms with Gasteiger partial charge in [0.2, 0.25) is 5.75 Å². The summed E-state index contributed by atoms with van der Waals surface area (Å²) in [7, 11) is 0. The Morgan fingerprint density at radius 2 is 2.09 bits per heavy atom. The van der Waals surface area contributed by atoms with Crippen molar-refractivity contribution in [1.82, 2.24) is 9.78 Å². The predicted octanol–water partition coefficient (Wildman–Crippen LogP) is 3.31. The van der Waals surface area contributed by atoms with Gasteiger partial charge in [0.05, 0.1) is 6.20 Å². The summed E-state index contributed by atoms with van der Waals surface area (Å²) >= 11 is 3.66. The normalized spacial score (nSPS) is 20.6. The highest BCUT2D eigenvalue weighted by atomic mass is 79.9. The lowest BCUT2D eigenvalue weighted by atomic mass is 10.1. The van der Waals surface area contributed by atoms with Gasteiger partial charge >= 0.3 is 5.56 Å². The lowest BCUT2D eigenvalue weighted by molar-refractivity contribution is -0.0433. The van der Waals surface area contributed by atoms with Crippen molar-refractivity contribution in [1.29, 1.82) is 0 Å². The van der Waals surface area contributed by atoms with Gasteiger partial charge in [-0.05, 0) is 63.3 Å². The smallest absolute Gasteiger partial charge is 0.313 e. The number of halogens is 1. The van der Waals surface area contributed by atoms with Gasteiger partial charge in [-0.2, -0.15) is 9.78 Å². The lowest BCUT2D eigenvalue weighted by Crippen LogP contribution is -2.46. The third-order valence-electron chi connectivity index (χ3n) is 6.19. The van der Waals surface area contributed by atoms with E-state index in [1.807, 2.05) is 0 Å². The summed E-state index contributed by atoms with van der Waals surface area (Å²) < 4.78 is 13.8. The van der Waals surface area contributed by atoms with Crippen LogP contribution in [-0.4, -0.2) is 54.0 Å². The molecule has 0 spiro atoms. The number of benzene rings is 1. The van der Waals surface area contributed by atoms with Gasteiger partial charge in [-0.3, -0.25) is 4.79 Å². The summed E-state index contributed by atoms with van der Waals surface area (Å²) in [6.07, 6.45) is 3.87. The minimum Gasteiger partial charge on any atom is -0.481 e. The van der Waals surface area contributed by atoms with Gasteiger partial charge < -0.3 is 24.4 Å². The predicted molar refractivity (Wildman–Crippen MR) is 128 cm³/mol. The molecule has 2 aliphatic rings. The molecule has 174 valence electrons. The van der Waals surface area contributed by atoms with E-state index in [2.05, 4.69) is 58.0 Å². The maximum Gasteiger partial charge on any atom is 0.313 e. The van der Waals surface area contributed by atoms with Crippen LogP contribution in [0.15, 0.2) is 33.7 Å². The monoisotopic (exact) mass is 506 g/mol. The molecule has 9 heteroatoms. The highest BCUT2D eigenvalue weighted by molar-refractivity contribution is 9.10. The van der Waals surface area contributed by atoms with E-state index in [0.717, 1.165) is 42.4 Å². The molecule has 0 saturated carbocycles. The standard InChI is InChI=1S/C23H31BrN4O4/c1-3-26(4-2)17-8-9-18(24)16(13-17)10-11-27-19-14-25-28(21-7-5-6-12-31-21)23(30)22(19)32-15-20(27)29/h8-9,13-14,20-21,29H,3-7,10-12,15H2,1-2H3. The van der Waals surface area contributed by atoms with E-state index in [0.29, 0.717) is 25.3 Å². The van der Waals surface area contributed by atoms with Crippen LogP contribution in [0.2, 0.25) is 0 Å². The average Bonchev–Trinajstić information content (AvgIpc) is 2.81. The fourth-order valence-electron chi connectivity index (χ4n) is 4.36. The quantitative estimate of drug-likeness (QED) is 0.616. The van der Waals surface area contributed by atoms with Crippen LogP contribution in [0.1, 0.15) is 44.9 Å². The molecular weight excluding hydrogens is 476 g/mol.